The van der Waals surface area contributed by atoms with E-state index in [4.69, 9.17) is 4.74 Å². The van der Waals surface area contributed by atoms with Crippen molar-refractivity contribution >= 4 is 0 Å². The molecule has 3 fully saturated rings. The molecule has 6 unspecified atom stereocenters. The average Bonchev–Trinajstić information content (AvgIpc) is 3.65. The van der Waals surface area contributed by atoms with Gasteiger partial charge in [-0.1, -0.05) is 123 Å². The molecule has 9 rings (SSSR count). The minimum atomic E-state index is 0.0406. The summed E-state index contributed by atoms with van der Waals surface area (Å²) in [5.41, 5.74) is 10.2. The molecule has 3 heteroatoms. The van der Waals surface area contributed by atoms with Crippen molar-refractivity contribution in [3.05, 3.63) is 94.3 Å². The zero-order chi connectivity index (χ0) is 39.0. The highest BCUT2D eigenvalue weighted by molar-refractivity contribution is 5.49. The molecule has 6 atom stereocenters. The fourth-order valence-electron chi connectivity index (χ4n) is 13.5. The topological polar surface area (TPSA) is 15.7 Å². The number of fused-ring (bicyclic) bond motifs is 4. The van der Waals surface area contributed by atoms with Gasteiger partial charge in [-0.2, -0.15) is 0 Å². The number of rotatable bonds is 5. The third-order valence-corrected chi connectivity index (χ3v) is 16.9. The molecule has 2 aliphatic heterocycles. The predicted octanol–water partition coefficient (Wildman–Crippen LogP) is 14.0. The van der Waals surface area contributed by atoms with E-state index in [1.54, 1.807) is 16.7 Å². The van der Waals surface area contributed by atoms with Gasteiger partial charge in [0, 0.05) is 28.3 Å². The molecular weight excluding hydrogens is 681 g/mol. The van der Waals surface area contributed by atoms with E-state index in [1.165, 1.54) is 119 Å². The predicted molar refractivity (Wildman–Crippen MR) is 234 cm³/mol. The van der Waals surface area contributed by atoms with Crippen LogP contribution in [0.3, 0.4) is 0 Å². The van der Waals surface area contributed by atoms with Crippen molar-refractivity contribution in [3.8, 4) is 0 Å². The minimum Gasteiger partial charge on any atom is -0.484 e. The van der Waals surface area contributed by atoms with Gasteiger partial charge in [0.25, 0.3) is 0 Å². The van der Waals surface area contributed by atoms with Crippen LogP contribution in [0.1, 0.15) is 171 Å². The second kappa shape index (κ2) is 14.5. The van der Waals surface area contributed by atoms with E-state index in [9.17, 15) is 0 Å². The first-order chi connectivity index (χ1) is 26.8. The van der Waals surface area contributed by atoms with Crippen LogP contribution in [0.5, 0.6) is 0 Å². The first-order valence-corrected chi connectivity index (χ1v) is 23.6. The van der Waals surface area contributed by atoms with E-state index in [2.05, 4.69) is 120 Å². The molecule has 0 N–H and O–H groups in total. The maximum absolute atomic E-state index is 7.07. The Morgan fingerprint density at radius 1 is 0.768 bits per heavy atom. The largest absolute Gasteiger partial charge is 0.484 e. The lowest BCUT2D eigenvalue weighted by Crippen LogP contribution is -2.51. The van der Waals surface area contributed by atoms with E-state index < -0.39 is 0 Å². The Labute approximate surface area is 342 Å². The summed E-state index contributed by atoms with van der Waals surface area (Å²) in [5, 5.41) is 0. The van der Waals surface area contributed by atoms with Crippen molar-refractivity contribution in [2.75, 3.05) is 0 Å². The summed E-state index contributed by atoms with van der Waals surface area (Å²) in [4.78, 5) is 5.85. The standard InChI is InChI=1S/C53H76N2O/c1-50(2,3)38-25-27-40(28-26-38)54(47-22-17-21-44-43-20-13-14-23-48(43)56-49(44)47)41-33-39(51(4,5)6)34-42(35-41)55-46-29-24-37(36-18-11-9-12-19-36)32-45(46)53(52(55,7)8)30-15-10-16-31-53/h14,22-25,27,32,34-36,38-40,43,46,48H,9-13,15-21,26,28-31,33H2,1-8H3. The summed E-state index contributed by atoms with van der Waals surface area (Å²) in [6.45, 7) is 20.1. The van der Waals surface area contributed by atoms with Crippen molar-refractivity contribution in [2.24, 2.45) is 39.9 Å². The van der Waals surface area contributed by atoms with Crippen LogP contribution in [-0.4, -0.2) is 33.5 Å². The molecule has 2 saturated carbocycles. The lowest BCUT2D eigenvalue weighted by atomic mass is 9.59. The molecule has 1 spiro atoms. The molecule has 7 aliphatic carbocycles. The monoisotopic (exact) mass is 757 g/mol. The molecule has 0 bridgehead atoms. The SMILES string of the molecule is CC(C)(C)C1C=CC(N(C2=CC(N3C4CC=C(C5CCCCC5)C=C4C4(CCCCC4)C3(C)C)=CC(C(C)(C)C)C2)C2=CCCC3=C2OC2C=CCCC32)CC1. The van der Waals surface area contributed by atoms with Gasteiger partial charge in [-0.15, -0.1) is 0 Å². The summed E-state index contributed by atoms with van der Waals surface area (Å²) in [7, 11) is 0. The smallest absolute Gasteiger partial charge is 0.143 e. The fraction of sp³-hybridized carbons (Fsp3) is 0.698. The quantitative estimate of drug-likeness (QED) is 0.260. The van der Waals surface area contributed by atoms with E-state index in [1.807, 2.05) is 0 Å². The number of hydrogen-bond acceptors (Lipinski definition) is 3. The van der Waals surface area contributed by atoms with Crippen molar-refractivity contribution in [2.45, 2.75) is 195 Å². The first kappa shape index (κ1) is 38.8. The molecule has 304 valence electrons. The summed E-state index contributed by atoms with van der Waals surface area (Å²) < 4.78 is 7.07. The number of hydrogen-bond donors (Lipinski definition) is 0. The van der Waals surface area contributed by atoms with Gasteiger partial charge < -0.3 is 14.5 Å². The summed E-state index contributed by atoms with van der Waals surface area (Å²) in [6.07, 6.45) is 46.9. The van der Waals surface area contributed by atoms with Gasteiger partial charge >= 0.3 is 0 Å². The highest BCUT2D eigenvalue weighted by atomic mass is 16.5. The minimum absolute atomic E-state index is 0.0406. The molecule has 0 aromatic carbocycles. The molecule has 2 heterocycles. The third-order valence-electron chi connectivity index (χ3n) is 16.9. The van der Waals surface area contributed by atoms with Crippen molar-refractivity contribution in [1.82, 2.24) is 9.80 Å². The van der Waals surface area contributed by atoms with Crippen LogP contribution in [-0.2, 0) is 4.74 Å². The number of allylic oxidation sites excluding steroid dienone is 8. The lowest BCUT2D eigenvalue weighted by Gasteiger charge is -2.50. The number of likely N-dealkylation sites (tertiary alicyclic amines) is 1. The molecule has 0 radical (unpaired) electrons. The van der Waals surface area contributed by atoms with Gasteiger partial charge in [0.1, 0.15) is 11.9 Å². The second-order valence-corrected chi connectivity index (χ2v) is 22.4. The number of nitrogens with zero attached hydrogens (tertiary/aromatic N) is 2. The zero-order valence-corrected chi connectivity index (χ0v) is 36.8. The highest BCUT2D eigenvalue weighted by Gasteiger charge is 2.61. The summed E-state index contributed by atoms with van der Waals surface area (Å²) in [6, 6.07) is 0.784. The van der Waals surface area contributed by atoms with Gasteiger partial charge in [-0.05, 0) is 148 Å². The van der Waals surface area contributed by atoms with E-state index in [0.29, 0.717) is 29.8 Å². The average molecular weight is 757 g/mol. The Bertz CT molecular complexity index is 1780. The van der Waals surface area contributed by atoms with Gasteiger partial charge in [0.05, 0.1) is 17.8 Å². The van der Waals surface area contributed by atoms with Crippen LogP contribution in [0.2, 0.25) is 0 Å². The Kier molecular flexibility index (Phi) is 10.1. The fourth-order valence-corrected chi connectivity index (χ4v) is 13.5. The van der Waals surface area contributed by atoms with Crippen LogP contribution in [0.4, 0.5) is 0 Å². The van der Waals surface area contributed by atoms with Gasteiger partial charge in [-0.3, -0.25) is 0 Å². The van der Waals surface area contributed by atoms with Gasteiger partial charge in [0.2, 0.25) is 0 Å². The van der Waals surface area contributed by atoms with Crippen molar-refractivity contribution in [1.29, 1.82) is 0 Å². The lowest BCUT2D eigenvalue weighted by molar-refractivity contribution is 0.0605. The zero-order valence-electron chi connectivity index (χ0n) is 36.8. The molecule has 1 saturated heterocycles. The van der Waals surface area contributed by atoms with Crippen molar-refractivity contribution < 1.29 is 4.74 Å². The van der Waals surface area contributed by atoms with E-state index >= 15 is 0 Å². The Hall–Kier alpha value is -2.68. The third kappa shape index (κ3) is 6.60. The summed E-state index contributed by atoms with van der Waals surface area (Å²) in [5.74, 6) is 3.62. The molecule has 0 aromatic heterocycles. The van der Waals surface area contributed by atoms with E-state index in [-0.39, 0.29) is 27.9 Å². The molecule has 0 amide bonds. The van der Waals surface area contributed by atoms with Crippen LogP contribution in [0.25, 0.3) is 0 Å². The van der Waals surface area contributed by atoms with Crippen LogP contribution in [0, 0.1) is 39.9 Å². The van der Waals surface area contributed by atoms with Crippen LogP contribution < -0.4 is 0 Å². The molecule has 56 heavy (non-hydrogen) atoms. The Morgan fingerprint density at radius 2 is 1.52 bits per heavy atom. The second-order valence-electron chi connectivity index (χ2n) is 22.4. The first-order valence-electron chi connectivity index (χ1n) is 23.6. The Balaban J connectivity index is 1.15. The maximum Gasteiger partial charge on any atom is 0.143 e. The van der Waals surface area contributed by atoms with Crippen LogP contribution in [0.15, 0.2) is 94.3 Å². The summed E-state index contributed by atoms with van der Waals surface area (Å²) >= 11 is 0. The molecular formula is C53H76N2O. The number of ether oxygens (including phenoxy) is 1. The van der Waals surface area contributed by atoms with Crippen molar-refractivity contribution in [3.63, 3.8) is 0 Å². The normalized spacial score (nSPS) is 34.1. The molecule has 0 aromatic rings. The highest BCUT2D eigenvalue weighted by Crippen LogP contribution is 2.63. The Morgan fingerprint density at radius 3 is 2.23 bits per heavy atom. The molecule has 3 nitrogen and oxygen atoms in total. The van der Waals surface area contributed by atoms with E-state index in [0.717, 1.165) is 25.2 Å². The van der Waals surface area contributed by atoms with Crippen LogP contribution >= 0.6 is 0 Å². The van der Waals surface area contributed by atoms with Gasteiger partial charge in [0.15, 0.2) is 0 Å². The maximum atomic E-state index is 7.07. The molecule has 9 aliphatic rings. The van der Waals surface area contributed by atoms with Gasteiger partial charge in [-0.25, -0.2) is 0 Å².